The van der Waals surface area contributed by atoms with Gasteiger partial charge in [-0.15, -0.1) is 11.8 Å². The van der Waals surface area contributed by atoms with Crippen LogP contribution >= 0.6 is 0 Å². The van der Waals surface area contributed by atoms with Gasteiger partial charge in [-0.1, -0.05) is 70.3 Å². The minimum atomic E-state index is 1.05. The highest BCUT2D eigenvalue weighted by molar-refractivity contribution is 5.83. The van der Waals surface area contributed by atoms with Crippen molar-refractivity contribution in [3.05, 3.63) is 23.3 Å². The van der Waals surface area contributed by atoms with Gasteiger partial charge >= 0.3 is 0 Å². The summed E-state index contributed by atoms with van der Waals surface area (Å²) in [5.41, 5.74) is 5.52. The lowest BCUT2D eigenvalue weighted by Gasteiger charge is -2.05. The second kappa shape index (κ2) is 30.5. The van der Waals surface area contributed by atoms with Crippen LogP contribution in [0.2, 0.25) is 0 Å². The Bertz CT molecular complexity index is 688. The lowest BCUT2D eigenvalue weighted by atomic mass is 10.0. The first-order chi connectivity index (χ1) is 18.5. The maximum absolute atomic E-state index is 4.14. The molecule has 0 saturated heterocycles. The Morgan fingerprint density at radius 2 is 1.15 bits per heavy atom. The highest BCUT2D eigenvalue weighted by atomic mass is 15.5. The molecule has 1 aliphatic carbocycles. The second-order valence-corrected chi connectivity index (χ2v) is 10.8. The molecule has 5 heteroatoms. The molecule has 5 nitrogen and oxygen atoms in total. The Kier molecular flexibility index (Phi) is 32.4. The molecule has 0 radical (unpaired) electrons. The summed E-state index contributed by atoms with van der Waals surface area (Å²) in [6.07, 6.45) is 16.8. The van der Waals surface area contributed by atoms with E-state index in [0.29, 0.717) is 0 Å². The van der Waals surface area contributed by atoms with Crippen molar-refractivity contribution in [1.29, 1.82) is 0 Å². The van der Waals surface area contributed by atoms with Crippen LogP contribution in [0, 0.1) is 11.8 Å². The molecule has 0 unspecified atom stereocenters. The predicted octanol–water partition coefficient (Wildman–Crippen LogP) is 9.03. The van der Waals surface area contributed by atoms with Gasteiger partial charge in [0.25, 0.3) is 0 Å². The number of hydrogen-bond donors (Lipinski definition) is 0. The molecule has 0 atom stereocenters. The average molecular weight is 546 g/mol. The van der Waals surface area contributed by atoms with Gasteiger partial charge in [0.15, 0.2) is 0 Å². The van der Waals surface area contributed by atoms with E-state index in [9.17, 15) is 0 Å². The Hall–Kier alpha value is -2.06. The van der Waals surface area contributed by atoms with E-state index in [1.165, 1.54) is 74.1 Å². The quantitative estimate of drug-likeness (QED) is 0.323. The smallest absolute Gasteiger partial charge is 0.0409 e. The van der Waals surface area contributed by atoms with Crippen LogP contribution in [-0.2, 0) is 0 Å². The summed E-state index contributed by atoms with van der Waals surface area (Å²) in [5, 5.41) is 12.2. The SMILES string of the molecule is CC#CCCC.CC1=CC=C(C)CC1.CC1=NN(C)CC1.CC1=NN(C)CC1.CCCCC.CCCN(C)C. The molecule has 0 saturated carbocycles. The summed E-state index contributed by atoms with van der Waals surface area (Å²) in [7, 11) is 8.17. The van der Waals surface area contributed by atoms with Gasteiger partial charge in [-0.25, -0.2) is 0 Å². The fourth-order valence-corrected chi connectivity index (χ4v) is 3.33. The van der Waals surface area contributed by atoms with Crippen molar-refractivity contribution in [3.63, 3.8) is 0 Å². The first kappa shape index (κ1) is 41.4. The Morgan fingerprint density at radius 1 is 0.718 bits per heavy atom. The van der Waals surface area contributed by atoms with Gasteiger partial charge in [-0.05, 0) is 80.9 Å². The Balaban J connectivity index is -0.000000402. The normalized spacial score (nSPS) is 14.9. The summed E-state index contributed by atoms with van der Waals surface area (Å²) in [5.74, 6) is 5.77. The van der Waals surface area contributed by atoms with E-state index < -0.39 is 0 Å². The maximum Gasteiger partial charge on any atom is 0.0409 e. The number of hydrazone groups is 2. The predicted molar refractivity (Wildman–Crippen MR) is 180 cm³/mol. The Morgan fingerprint density at radius 3 is 1.26 bits per heavy atom. The van der Waals surface area contributed by atoms with Crippen molar-refractivity contribution in [2.75, 3.05) is 47.8 Å². The van der Waals surface area contributed by atoms with Crippen LogP contribution in [0.1, 0.15) is 127 Å². The third-order valence-electron chi connectivity index (χ3n) is 5.77. The van der Waals surface area contributed by atoms with Gasteiger partial charge in [0.05, 0.1) is 0 Å². The highest BCUT2D eigenvalue weighted by Gasteiger charge is 2.04. The average Bonchev–Trinajstić information content (AvgIpc) is 3.47. The van der Waals surface area contributed by atoms with E-state index in [0.717, 1.165) is 32.4 Å². The van der Waals surface area contributed by atoms with E-state index in [4.69, 9.17) is 0 Å². The molecular weight excluding hydrogens is 478 g/mol. The van der Waals surface area contributed by atoms with Gasteiger partial charge in [-0.3, -0.25) is 10.0 Å². The molecule has 0 aromatic rings. The van der Waals surface area contributed by atoms with E-state index in [2.05, 4.69) is 109 Å². The number of nitrogens with zero attached hydrogens (tertiary/aromatic N) is 5. The molecule has 0 fully saturated rings. The molecule has 0 spiro atoms. The fourth-order valence-electron chi connectivity index (χ4n) is 3.33. The van der Waals surface area contributed by atoms with Crippen molar-refractivity contribution in [2.24, 2.45) is 10.2 Å². The minimum absolute atomic E-state index is 1.05. The van der Waals surface area contributed by atoms with Gasteiger partial charge in [0, 0.05) is 57.9 Å². The lowest BCUT2D eigenvalue weighted by molar-refractivity contribution is 0.393. The third-order valence-corrected chi connectivity index (χ3v) is 5.77. The first-order valence-corrected chi connectivity index (χ1v) is 15.3. The summed E-state index contributed by atoms with van der Waals surface area (Å²) in [6.45, 7) is 22.5. The van der Waals surface area contributed by atoms with Gasteiger partial charge in [0.1, 0.15) is 0 Å². The van der Waals surface area contributed by atoms with Crippen molar-refractivity contribution in [2.45, 2.75) is 127 Å². The summed E-state index contributed by atoms with van der Waals surface area (Å²) in [6, 6.07) is 0. The largest absolute Gasteiger partial charge is 0.309 e. The van der Waals surface area contributed by atoms with Gasteiger partial charge in [0.2, 0.25) is 0 Å². The number of unbranched alkanes of at least 4 members (excludes halogenated alkanes) is 3. The van der Waals surface area contributed by atoms with E-state index in [1.54, 1.807) is 0 Å². The zero-order valence-corrected chi connectivity index (χ0v) is 28.6. The first-order valence-electron chi connectivity index (χ1n) is 15.3. The summed E-state index contributed by atoms with van der Waals surface area (Å²) in [4.78, 5) is 2.18. The van der Waals surface area contributed by atoms with Crippen LogP contribution < -0.4 is 0 Å². The molecule has 39 heavy (non-hydrogen) atoms. The maximum atomic E-state index is 4.14. The fraction of sp³-hybridized carbons (Fsp3) is 0.765. The minimum Gasteiger partial charge on any atom is -0.309 e. The highest BCUT2D eigenvalue weighted by Crippen LogP contribution is 2.16. The van der Waals surface area contributed by atoms with Crippen molar-refractivity contribution < 1.29 is 0 Å². The molecule has 0 amide bonds. The molecule has 3 rings (SSSR count). The lowest BCUT2D eigenvalue weighted by Crippen LogP contribution is -2.11. The van der Waals surface area contributed by atoms with Crippen molar-refractivity contribution in [1.82, 2.24) is 14.9 Å². The van der Waals surface area contributed by atoms with Crippen LogP contribution in [0.4, 0.5) is 0 Å². The van der Waals surface area contributed by atoms with Crippen LogP contribution in [-0.4, -0.2) is 74.2 Å². The molecule has 228 valence electrons. The third kappa shape index (κ3) is 35.9. The van der Waals surface area contributed by atoms with Crippen LogP contribution in [0.15, 0.2) is 33.5 Å². The van der Waals surface area contributed by atoms with Gasteiger partial charge in [-0.2, -0.15) is 10.2 Å². The zero-order chi connectivity index (χ0) is 30.5. The monoisotopic (exact) mass is 546 g/mol. The van der Waals surface area contributed by atoms with E-state index in [-0.39, 0.29) is 0 Å². The molecular formula is C34H67N5. The molecule has 2 heterocycles. The van der Waals surface area contributed by atoms with Gasteiger partial charge < -0.3 is 4.90 Å². The Labute approximate surface area is 245 Å². The molecule has 0 aromatic heterocycles. The van der Waals surface area contributed by atoms with Crippen LogP contribution in [0.25, 0.3) is 0 Å². The molecule has 0 N–H and O–H groups in total. The van der Waals surface area contributed by atoms with Crippen LogP contribution in [0.3, 0.4) is 0 Å². The summed E-state index contributed by atoms with van der Waals surface area (Å²) >= 11 is 0. The molecule has 3 aliphatic rings. The van der Waals surface area contributed by atoms with Crippen molar-refractivity contribution in [3.8, 4) is 11.8 Å². The number of hydrogen-bond acceptors (Lipinski definition) is 5. The zero-order valence-electron chi connectivity index (χ0n) is 28.6. The second-order valence-electron chi connectivity index (χ2n) is 10.8. The summed E-state index contributed by atoms with van der Waals surface area (Å²) < 4.78 is 0. The number of allylic oxidation sites excluding steroid dienone is 4. The van der Waals surface area contributed by atoms with E-state index in [1.807, 2.05) is 31.0 Å². The number of rotatable bonds is 5. The topological polar surface area (TPSA) is 34.4 Å². The van der Waals surface area contributed by atoms with E-state index >= 15 is 0 Å². The standard InChI is InChI=1S/C8H12.C6H10.2C5H10N2.C5H13N.C5H12/c1-7-3-5-8(2)6-4-7;1-3-5-6-4-2;2*1-5-3-4-7(2)6-5;1-4-5-6(2)3;1-3-5-4-2/h3,5H,4,6H2,1-2H3;3,5H2,1-2H3;2*3-4H2,1-2H3;4-5H2,1-3H3;3-5H2,1-2H3. The molecule has 2 aliphatic heterocycles. The van der Waals surface area contributed by atoms with Crippen molar-refractivity contribution >= 4 is 11.4 Å². The molecule has 0 bridgehead atoms. The van der Waals surface area contributed by atoms with Crippen LogP contribution in [0.5, 0.6) is 0 Å². The molecule has 0 aromatic carbocycles.